The third-order valence-corrected chi connectivity index (χ3v) is 5.69. The fraction of sp³-hybridized carbons (Fsp3) is 0.333. The van der Waals surface area contributed by atoms with Gasteiger partial charge in [-0.2, -0.15) is 9.97 Å². The first-order valence-corrected chi connectivity index (χ1v) is 10.2. The Labute approximate surface area is 182 Å². The van der Waals surface area contributed by atoms with Crippen molar-refractivity contribution >= 4 is 33.4 Å². The summed E-state index contributed by atoms with van der Waals surface area (Å²) in [6, 6.07) is 2.85. The minimum absolute atomic E-state index is 0.0436. The molecule has 1 aliphatic heterocycles. The predicted octanol–water partition coefficient (Wildman–Crippen LogP) is 3.06. The van der Waals surface area contributed by atoms with Gasteiger partial charge in [0, 0.05) is 31.9 Å². The van der Waals surface area contributed by atoms with Crippen LogP contribution in [0.4, 0.5) is 20.3 Å². The quantitative estimate of drug-likeness (QED) is 0.433. The molecule has 4 N–H and O–H groups in total. The van der Waals surface area contributed by atoms with E-state index in [1.807, 2.05) is 0 Å². The largest absolute Gasteiger partial charge is 0.421 e. The van der Waals surface area contributed by atoms with Crippen LogP contribution in [-0.2, 0) is 0 Å². The van der Waals surface area contributed by atoms with Crippen LogP contribution in [0.15, 0.2) is 24.5 Å². The molecule has 11 heteroatoms. The summed E-state index contributed by atoms with van der Waals surface area (Å²) in [7, 11) is 1.71. The van der Waals surface area contributed by atoms with Crippen LogP contribution in [0.3, 0.4) is 0 Å². The van der Waals surface area contributed by atoms with Gasteiger partial charge in [-0.05, 0) is 19.1 Å². The summed E-state index contributed by atoms with van der Waals surface area (Å²) in [6.07, 6.45) is 3.31. The van der Waals surface area contributed by atoms with Gasteiger partial charge in [-0.25, -0.2) is 18.7 Å². The lowest BCUT2D eigenvalue weighted by molar-refractivity contribution is 0.204. The number of halogens is 2. The number of hydrogen-bond donors (Lipinski definition) is 3. The van der Waals surface area contributed by atoms with Gasteiger partial charge in [0.1, 0.15) is 28.8 Å². The SMILES string of the molecule is CNc1cc(F)cc2c1[nH]c1nc(Oc3cnc(C)nc3)nc(N3CCC(F)(CN)C3)c12. The Morgan fingerprint density at radius 3 is 2.75 bits per heavy atom. The van der Waals surface area contributed by atoms with E-state index in [2.05, 4.69) is 30.2 Å². The zero-order chi connectivity index (χ0) is 22.5. The molecule has 1 fully saturated rings. The van der Waals surface area contributed by atoms with Crippen molar-refractivity contribution in [3.63, 3.8) is 0 Å². The number of nitrogens with zero attached hydrogens (tertiary/aromatic N) is 5. The van der Waals surface area contributed by atoms with E-state index in [1.165, 1.54) is 24.5 Å². The summed E-state index contributed by atoms with van der Waals surface area (Å²) in [5.74, 6) is 1.01. The van der Waals surface area contributed by atoms with Crippen LogP contribution < -0.4 is 20.7 Å². The van der Waals surface area contributed by atoms with Gasteiger partial charge < -0.3 is 25.7 Å². The summed E-state index contributed by atoms with van der Waals surface area (Å²) >= 11 is 0. The summed E-state index contributed by atoms with van der Waals surface area (Å²) in [5.41, 5.74) is 5.82. The topological polar surface area (TPSA) is 118 Å². The summed E-state index contributed by atoms with van der Waals surface area (Å²) in [4.78, 5) is 22.3. The zero-order valence-corrected chi connectivity index (χ0v) is 17.6. The zero-order valence-electron chi connectivity index (χ0n) is 17.6. The molecular formula is C21H22F2N8O. The highest BCUT2D eigenvalue weighted by Crippen LogP contribution is 2.39. The molecule has 0 radical (unpaired) electrons. The molecule has 4 heterocycles. The molecule has 0 spiro atoms. The number of aromatic nitrogens is 5. The number of H-pyrrole nitrogens is 1. The minimum Gasteiger partial charge on any atom is -0.421 e. The second-order valence-corrected chi connectivity index (χ2v) is 7.90. The fourth-order valence-electron chi connectivity index (χ4n) is 4.02. The fourth-order valence-corrected chi connectivity index (χ4v) is 4.02. The highest BCUT2D eigenvalue weighted by molar-refractivity contribution is 6.14. The maximum absolute atomic E-state index is 14.9. The van der Waals surface area contributed by atoms with Gasteiger partial charge in [0.05, 0.1) is 35.5 Å². The van der Waals surface area contributed by atoms with Gasteiger partial charge in [-0.1, -0.05) is 0 Å². The molecule has 1 saturated heterocycles. The monoisotopic (exact) mass is 440 g/mol. The first kappa shape index (κ1) is 20.3. The van der Waals surface area contributed by atoms with Gasteiger partial charge in [0.2, 0.25) is 0 Å². The summed E-state index contributed by atoms with van der Waals surface area (Å²) in [6.45, 7) is 2.16. The molecule has 0 saturated carbocycles. The number of alkyl halides is 1. The van der Waals surface area contributed by atoms with Crippen LogP contribution in [0.2, 0.25) is 0 Å². The van der Waals surface area contributed by atoms with Crippen molar-refractivity contribution in [3.8, 4) is 11.8 Å². The van der Waals surface area contributed by atoms with Crippen LogP contribution in [0.25, 0.3) is 21.9 Å². The van der Waals surface area contributed by atoms with E-state index >= 15 is 0 Å². The molecule has 3 aromatic heterocycles. The molecule has 1 unspecified atom stereocenters. The maximum Gasteiger partial charge on any atom is 0.326 e. The second-order valence-electron chi connectivity index (χ2n) is 7.90. The van der Waals surface area contributed by atoms with Gasteiger partial charge in [-0.15, -0.1) is 0 Å². The standard InChI is InChI=1S/C21H22F2N8O/c1-11-26-7-13(8-27-11)32-20-29-18-16(14-5-12(22)6-15(25-2)17(14)28-18)19(30-20)31-4-3-21(23,9-24)10-31/h5-8,25H,3-4,9-10,24H2,1-2H3,(H,28,29,30). The van der Waals surface area contributed by atoms with Crippen LogP contribution >= 0.6 is 0 Å². The molecule has 9 nitrogen and oxygen atoms in total. The van der Waals surface area contributed by atoms with Crippen LogP contribution in [0, 0.1) is 12.7 Å². The van der Waals surface area contributed by atoms with E-state index in [0.717, 1.165) is 0 Å². The molecule has 4 aromatic rings. The first-order valence-electron chi connectivity index (χ1n) is 10.2. The van der Waals surface area contributed by atoms with Gasteiger partial charge in [0.15, 0.2) is 5.75 Å². The first-order chi connectivity index (χ1) is 15.4. The molecule has 32 heavy (non-hydrogen) atoms. The minimum atomic E-state index is -1.52. The highest BCUT2D eigenvalue weighted by atomic mass is 19.1. The third-order valence-electron chi connectivity index (χ3n) is 5.69. The van der Waals surface area contributed by atoms with E-state index in [9.17, 15) is 8.78 Å². The van der Waals surface area contributed by atoms with Crippen molar-refractivity contribution in [2.75, 3.05) is 36.9 Å². The Morgan fingerprint density at radius 2 is 2.06 bits per heavy atom. The average Bonchev–Trinajstić information content (AvgIpc) is 3.35. The highest BCUT2D eigenvalue weighted by Gasteiger charge is 2.39. The average molecular weight is 440 g/mol. The van der Waals surface area contributed by atoms with Gasteiger partial charge in [-0.3, -0.25) is 0 Å². The molecule has 1 atom stereocenters. The normalized spacial score (nSPS) is 18.6. The lowest BCUT2D eigenvalue weighted by Crippen LogP contribution is -2.36. The Balaban J connectivity index is 1.70. The number of fused-ring (bicyclic) bond motifs is 3. The molecule has 0 aliphatic carbocycles. The number of nitrogens with two attached hydrogens (primary N) is 1. The Kier molecular flexibility index (Phi) is 4.77. The van der Waals surface area contributed by atoms with E-state index < -0.39 is 11.5 Å². The molecule has 1 aromatic carbocycles. The molecule has 166 valence electrons. The van der Waals surface area contributed by atoms with Crippen molar-refractivity contribution in [1.29, 1.82) is 0 Å². The smallest absolute Gasteiger partial charge is 0.326 e. The summed E-state index contributed by atoms with van der Waals surface area (Å²) < 4.78 is 35.1. The Bertz CT molecular complexity index is 1310. The van der Waals surface area contributed by atoms with Gasteiger partial charge in [0.25, 0.3) is 0 Å². The van der Waals surface area contributed by atoms with Crippen LogP contribution in [0.1, 0.15) is 12.2 Å². The predicted molar refractivity (Wildman–Crippen MR) is 117 cm³/mol. The van der Waals surface area contributed by atoms with Crippen molar-refractivity contribution in [2.45, 2.75) is 19.0 Å². The van der Waals surface area contributed by atoms with E-state index in [0.29, 0.717) is 51.6 Å². The number of hydrogen-bond acceptors (Lipinski definition) is 8. The van der Waals surface area contributed by atoms with Crippen molar-refractivity contribution < 1.29 is 13.5 Å². The van der Waals surface area contributed by atoms with E-state index in [-0.39, 0.29) is 25.5 Å². The van der Waals surface area contributed by atoms with Crippen LogP contribution in [0.5, 0.6) is 11.8 Å². The lowest BCUT2D eigenvalue weighted by Gasteiger charge is -2.21. The molecule has 5 rings (SSSR count). The van der Waals surface area contributed by atoms with Crippen molar-refractivity contribution in [1.82, 2.24) is 24.9 Å². The van der Waals surface area contributed by atoms with Crippen molar-refractivity contribution in [3.05, 3.63) is 36.2 Å². The third kappa shape index (κ3) is 3.44. The number of nitrogens with one attached hydrogen (secondary N) is 2. The molecular weight excluding hydrogens is 418 g/mol. The molecule has 1 aliphatic rings. The second kappa shape index (κ2) is 7.52. The summed E-state index contributed by atoms with van der Waals surface area (Å²) in [5, 5.41) is 4.16. The number of aromatic amines is 1. The van der Waals surface area contributed by atoms with E-state index in [1.54, 1.807) is 18.9 Å². The Morgan fingerprint density at radius 1 is 1.28 bits per heavy atom. The van der Waals surface area contributed by atoms with E-state index in [4.69, 9.17) is 10.5 Å². The van der Waals surface area contributed by atoms with Crippen LogP contribution in [-0.4, -0.2) is 57.3 Å². The number of ether oxygens (including phenoxy) is 1. The van der Waals surface area contributed by atoms with Crippen molar-refractivity contribution in [2.24, 2.45) is 5.73 Å². The molecule has 0 bridgehead atoms. The lowest BCUT2D eigenvalue weighted by atomic mass is 10.1. The maximum atomic E-state index is 14.9. The number of aryl methyl sites for hydroxylation is 1. The Hall–Kier alpha value is -3.60. The number of rotatable bonds is 5. The number of benzene rings is 1. The number of anilines is 2. The molecule has 0 amide bonds. The van der Waals surface area contributed by atoms with Gasteiger partial charge >= 0.3 is 6.01 Å².